The molecule has 0 spiro atoms. The van der Waals surface area contributed by atoms with Crippen molar-refractivity contribution in [3.8, 4) is 0 Å². The topological polar surface area (TPSA) is 3.24 Å². The Morgan fingerprint density at radius 2 is 2.12 bits per heavy atom. The maximum Gasteiger partial charge on any atom is 0.0496 e. The maximum absolute atomic E-state index is 4.25. The molecule has 0 aliphatic heterocycles. The standard InChI is InChI=1S/C6H15NS/c1-4-5-7(3)6(2)8/h6,8H,4-5H2,1-3H3. The molecule has 0 bridgehead atoms. The van der Waals surface area contributed by atoms with Gasteiger partial charge in [-0.1, -0.05) is 6.92 Å². The molecule has 0 radical (unpaired) electrons. The Morgan fingerprint density at radius 1 is 1.62 bits per heavy atom. The molecule has 1 nitrogen and oxygen atoms in total. The van der Waals surface area contributed by atoms with E-state index in [1.54, 1.807) is 0 Å². The van der Waals surface area contributed by atoms with Gasteiger partial charge in [0.25, 0.3) is 0 Å². The molecular formula is C6H15NS. The van der Waals surface area contributed by atoms with Crippen LogP contribution in [0.3, 0.4) is 0 Å². The molecule has 1 atom stereocenters. The van der Waals surface area contributed by atoms with Crippen molar-refractivity contribution < 1.29 is 0 Å². The molecule has 0 amide bonds. The molecule has 0 aromatic rings. The van der Waals surface area contributed by atoms with E-state index in [-0.39, 0.29) is 0 Å². The van der Waals surface area contributed by atoms with E-state index in [4.69, 9.17) is 0 Å². The average molecular weight is 133 g/mol. The fourth-order valence-corrected chi connectivity index (χ4v) is 0.655. The van der Waals surface area contributed by atoms with Crippen LogP contribution in [0, 0.1) is 0 Å². The SMILES string of the molecule is CCCN(C)C(C)S. The molecule has 0 aliphatic carbocycles. The summed E-state index contributed by atoms with van der Waals surface area (Å²) in [6, 6.07) is 0. The summed E-state index contributed by atoms with van der Waals surface area (Å²) in [5.74, 6) is 0. The van der Waals surface area contributed by atoms with E-state index in [0.717, 1.165) is 6.54 Å². The van der Waals surface area contributed by atoms with Gasteiger partial charge in [-0.05, 0) is 26.9 Å². The van der Waals surface area contributed by atoms with E-state index in [0.29, 0.717) is 5.37 Å². The second-order valence-electron chi connectivity index (χ2n) is 2.11. The molecule has 50 valence electrons. The van der Waals surface area contributed by atoms with E-state index >= 15 is 0 Å². The van der Waals surface area contributed by atoms with Crippen molar-refractivity contribution in [2.45, 2.75) is 25.6 Å². The normalized spacial score (nSPS) is 14.6. The molecule has 0 aromatic carbocycles. The summed E-state index contributed by atoms with van der Waals surface area (Å²) in [5, 5.41) is 0.398. The maximum atomic E-state index is 4.25. The summed E-state index contributed by atoms with van der Waals surface area (Å²) < 4.78 is 0. The van der Waals surface area contributed by atoms with Crippen LogP contribution in [0.1, 0.15) is 20.3 Å². The highest BCUT2D eigenvalue weighted by atomic mass is 32.1. The van der Waals surface area contributed by atoms with Crippen LogP contribution in [-0.2, 0) is 0 Å². The third-order valence-corrected chi connectivity index (χ3v) is 1.61. The first kappa shape index (κ1) is 8.31. The van der Waals surface area contributed by atoms with Crippen molar-refractivity contribution in [3.05, 3.63) is 0 Å². The minimum absolute atomic E-state index is 0.398. The van der Waals surface area contributed by atoms with Gasteiger partial charge in [0.05, 0.1) is 0 Å². The van der Waals surface area contributed by atoms with Crippen molar-refractivity contribution >= 4 is 12.6 Å². The summed E-state index contributed by atoms with van der Waals surface area (Å²) in [7, 11) is 2.08. The lowest BCUT2D eigenvalue weighted by Gasteiger charge is -2.18. The molecule has 8 heavy (non-hydrogen) atoms. The highest BCUT2D eigenvalue weighted by Crippen LogP contribution is 1.98. The monoisotopic (exact) mass is 133 g/mol. The van der Waals surface area contributed by atoms with Crippen LogP contribution >= 0.6 is 12.6 Å². The fourth-order valence-electron chi connectivity index (χ4n) is 0.540. The summed E-state index contributed by atoms with van der Waals surface area (Å²) >= 11 is 4.25. The largest absolute Gasteiger partial charge is 0.295 e. The lowest BCUT2D eigenvalue weighted by atomic mass is 10.4. The average Bonchev–Trinajstić information content (AvgIpc) is 1.67. The summed E-state index contributed by atoms with van der Waals surface area (Å²) in [6.45, 7) is 5.40. The predicted molar refractivity (Wildman–Crippen MR) is 41.4 cm³/mol. The van der Waals surface area contributed by atoms with Crippen LogP contribution in [0.5, 0.6) is 0 Å². The molecule has 0 rings (SSSR count). The lowest BCUT2D eigenvalue weighted by molar-refractivity contribution is 0.330. The Labute approximate surface area is 57.5 Å². The van der Waals surface area contributed by atoms with Crippen molar-refractivity contribution in [1.29, 1.82) is 0 Å². The first-order valence-electron chi connectivity index (χ1n) is 3.06. The van der Waals surface area contributed by atoms with E-state index in [1.165, 1.54) is 6.42 Å². The smallest absolute Gasteiger partial charge is 0.0496 e. The Hall–Kier alpha value is 0.310. The molecular weight excluding hydrogens is 118 g/mol. The van der Waals surface area contributed by atoms with Crippen molar-refractivity contribution in [2.24, 2.45) is 0 Å². The molecule has 0 heterocycles. The number of rotatable bonds is 3. The second kappa shape index (κ2) is 4.21. The van der Waals surface area contributed by atoms with Gasteiger partial charge in [0.2, 0.25) is 0 Å². The fraction of sp³-hybridized carbons (Fsp3) is 1.00. The summed E-state index contributed by atoms with van der Waals surface area (Å²) in [4.78, 5) is 2.21. The first-order valence-corrected chi connectivity index (χ1v) is 3.58. The van der Waals surface area contributed by atoms with E-state index in [1.807, 2.05) is 0 Å². The second-order valence-corrected chi connectivity index (χ2v) is 2.86. The summed E-state index contributed by atoms with van der Waals surface area (Å²) in [5.41, 5.74) is 0. The number of hydrogen-bond donors (Lipinski definition) is 1. The van der Waals surface area contributed by atoms with Crippen molar-refractivity contribution in [1.82, 2.24) is 4.90 Å². The van der Waals surface area contributed by atoms with Gasteiger partial charge in [0.15, 0.2) is 0 Å². The van der Waals surface area contributed by atoms with Gasteiger partial charge in [-0.25, -0.2) is 0 Å². The van der Waals surface area contributed by atoms with Gasteiger partial charge >= 0.3 is 0 Å². The van der Waals surface area contributed by atoms with Gasteiger partial charge in [-0.2, -0.15) is 12.6 Å². The van der Waals surface area contributed by atoms with Crippen LogP contribution in [-0.4, -0.2) is 23.9 Å². The molecule has 2 heteroatoms. The van der Waals surface area contributed by atoms with Crippen LogP contribution in [0.25, 0.3) is 0 Å². The van der Waals surface area contributed by atoms with Crippen molar-refractivity contribution in [2.75, 3.05) is 13.6 Å². The molecule has 0 N–H and O–H groups in total. The molecule has 0 aliphatic rings. The predicted octanol–water partition coefficient (Wildman–Crippen LogP) is 1.60. The van der Waals surface area contributed by atoms with Crippen LogP contribution in [0.15, 0.2) is 0 Å². The zero-order chi connectivity index (χ0) is 6.57. The molecule has 0 saturated carbocycles. The molecule has 1 unspecified atom stereocenters. The molecule has 0 saturated heterocycles. The number of nitrogens with zero attached hydrogens (tertiary/aromatic N) is 1. The Kier molecular flexibility index (Phi) is 4.38. The zero-order valence-electron chi connectivity index (χ0n) is 5.89. The van der Waals surface area contributed by atoms with Crippen LogP contribution in [0.4, 0.5) is 0 Å². The summed E-state index contributed by atoms with van der Waals surface area (Å²) in [6.07, 6.45) is 1.21. The van der Waals surface area contributed by atoms with Gasteiger partial charge < -0.3 is 0 Å². The highest BCUT2D eigenvalue weighted by Gasteiger charge is 1.99. The zero-order valence-corrected chi connectivity index (χ0v) is 6.78. The molecule has 0 fully saturated rings. The van der Waals surface area contributed by atoms with E-state index in [9.17, 15) is 0 Å². The minimum Gasteiger partial charge on any atom is -0.295 e. The van der Waals surface area contributed by atoms with Gasteiger partial charge in [-0.15, -0.1) is 0 Å². The van der Waals surface area contributed by atoms with Crippen LogP contribution < -0.4 is 0 Å². The number of thiol groups is 1. The van der Waals surface area contributed by atoms with Gasteiger partial charge in [0.1, 0.15) is 0 Å². The Balaban J connectivity index is 3.17. The third kappa shape index (κ3) is 3.33. The van der Waals surface area contributed by atoms with Gasteiger partial charge in [-0.3, -0.25) is 4.90 Å². The third-order valence-electron chi connectivity index (χ3n) is 1.21. The first-order chi connectivity index (χ1) is 3.68. The van der Waals surface area contributed by atoms with Crippen LogP contribution in [0.2, 0.25) is 0 Å². The Bertz CT molecular complexity index is 54.5. The molecule has 0 aromatic heterocycles. The highest BCUT2D eigenvalue weighted by molar-refractivity contribution is 7.80. The number of hydrogen-bond acceptors (Lipinski definition) is 2. The Morgan fingerprint density at radius 3 is 2.25 bits per heavy atom. The minimum atomic E-state index is 0.398. The van der Waals surface area contributed by atoms with Gasteiger partial charge in [0, 0.05) is 5.37 Å². The van der Waals surface area contributed by atoms with E-state index < -0.39 is 0 Å². The van der Waals surface area contributed by atoms with Crippen molar-refractivity contribution in [3.63, 3.8) is 0 Å². The van der Waals surface area contributed by atoms with E-state index in [2.05, 4.69) is 38.4 Å². The quantitative estimate of drug-likeness (QED) is 0.452. The lowest BCUT2D eigenvalue weighted by Crippen LogP contribution is -2.24.